The van der Waals surface area contributed by atoms with Crippen LogP contribution < -0.4 is 0 Å². The number of nitrogens with zero attached hydrogens (tertiary/aromatic N) is 2. The molecule has 2 rings (SSSR count). The molecule has 5 nitrogen and oxygen atoms in total. The molecule has 0 aliphatic carbocycles. The van der Waals surface area contributed by atoms with E-state index >= 15 is 0 Å². The third kappa shape index (κ3) is 5.32. The number of carbonyl (C=O) groups is 2. The lowest BCUT2D eigenvalue weighted by Crippen LogP contribution is -2.46. The van der Waals surface area contributed by atoms with Crippen molar-refractivity contribution < 1.29 is 18.7 Å². The molecule has 23 heavy (non-hydrogen) atoms. The van der Waals surface area contributed by atoms with Gasteiger partial charge in [0.15, 0.2) is 0 Å². The predicted molar refractivity (Wildman–Crippen MR) is 84.4 cm³/mol. The van der Waals surface area contributed by atoms with Crippen LogP contribution in [0.2, 0.25) is 0 Å². The van der Waals surface area contributed by atoms with Crippen LogP contribution in [0.5, 0.6) is 0 Å². The Morgan fingerprint density at radius 3 is 2.83 bits per heavy atom. The Morgan fingerprint density at radius 1 is 1.35 bits per heavy atom. The first-order valence-corrected chi connectivity index (χ1v) is 7.79. The molecule has 1 heterocycles. The lowest BCUT2D eigenvalue weighted by atomic mass is 10.1. The number of hydrogen-bond donors (Lipinski definition) is 0. The number of morpholine rings is 1. The van der Waals surface area contributed by atoms with Gasteiger partial charge in [-0.2, -0.15) is 0 Å². The van der Waals surface area contributed by atoms with Crippen LogP contribution in [0.4, 0.5) is 4.39 Å². The fourth-order valence-corrected chi connectivity index (χ4v) is 2.59. The summed E-state index contributed by atoms with van der Waals surface area (Å²) in [5.74, 6) is -0.357. The molecule has 1 fully saturated rings. The molecule has 1 aromatic rings. The number of halogens is 1. The van der Waals surface area contributed by atoms with E-state index in [0.29, 0.717) is 26.1 Å². The second kappa shape index (κ2) is 8.06. The van der Waals surface area contributed by atoms with E-state index in [2.05, 4.69) is 0 Å². The van der Waals surface area contributed by atoms with E-state index in [1.54, 1.807) is 25.1 Å². The van der Waals surface area contributed by atoms with Crippen molar-refractivity contribution in [2.45, 2.75) is 25.4 Å². The average Bonchev–Trinajstić information content (AvgIpc) is 2.52. The van der Waals surface area contributed by atoms with Crippen molar-refractivity contribution in [2.75, 3.05) is 33.8 Å². The van der Waals surface area contributed by atoms with Crippen molar-refractivity contribution in [1.29, 1.82) is 0 Å². The summed E-state index contributed by atoms with van der Waals surface area (Å²) in [4.78, 5) is 27.0. The molecule has 1 saturated heterocycles. The largest absolute Gasteiger partial charge is 0.374 e. The molecule has 126 valence electrons. The number of benzene rings is 1. The van der Waals surface area contributed by atoms with Crippen LogP contribution >= 0.6 is 0 Å². The van der Waals surface area contributed by atoms with E-state index in [1.807, 2.05) is 6.07 Å². The van der Waals surface area contributed by atoms with Crippen molar-refractivity contribution in [3.05, 3.63) is 35.6 Å². The molecular formula is C17H23FN2O3. The number of carbonyl (C=O) groups excluding carboxylic acids is 2. The minimum atomic E-state index is -0.270. The molecule has 0 bridgehead atoms. The standard InChI is InChI=1S/C17H23FN2O3/c1-19(2)16(21)6-7-17(22)20-8-9-23-15(12-20)11-13-4-3-5-14(18)10-13/h3-5,10,15H,6-9,11-12H2,1-2H3. The summed E-state index contributed by atoms with van der Waals surface area (Å²) in [6.45, 7) is 1.48. The maximum atomic E-state index is 13.2. The Balaban J connectivity index is 1.85. The molecule has 1 aliphatic rings. The molecule has 2 amide bonds. The first-order valence-electron chi connectivity index (χ1n) is 7.79. The Kier molecular flexibility index (Phi) is 6.10. The van der Waals surface area contributed by atoms with Crippen LogP contribution in [-0.2, 0) is 20.7 Å². The molecule has 1 aromatic carbocycles. The molecule has 1 aliphatic heterocycles. The number of amides is 2. The SMILES string of the molecule is CN(C)C(=O)CCC(=O)N1CCOC(Cc2cccc(F)c2)C1. The van der Waals surface area contributed by atoms with E-state index in [1.165, 1.54) is 17.0 Å². The summed E-state index contributed by atoms with van der Waals surface area (Å²) in [6, 6.07) is 6.41. The second-order valence-corrected chi connectivity index (χ2v) is 5.95. The molecule has 1 atom stereocenters. The summed E-state index contributed by atoms with van der Waals surface area (Å²) < 4.78 is 18.9. The molecule has 0 radical (unpaired) electrons. The van der Waals surface area contributed by atoms with Gasteiger partial charge in [0.05, 0.1) is 12.7 Å². The highest BCUT2D eigenvalue weighted by Crippen LogP contribution is 2.14. The van der Waals surface area contributed by atoms with Gasteiger partial charge in [0, 0.05) is 46.4 Å². The fraction of sp³-hybridized carbons (Fsp3) is 0.529. The third-order valence-corrected chi connectivity index (χ3v) is 3.90. The fourth-order valence-electron chi connectivity index (χ4n) is 2.59. The minimum absolute atomic E-state index is 0.0345. The maximum Gasteiger partial charge on any atom is 0.223 e. The summed E-state index contributed by atoms with van der Waals surface area (Å²) in [6.07, 6.45) is 0.860. The quantitative estimate of drug-likeness (QED) is 0.825. The molecule has 1 unspecified atom stereocenters. The third-order valence-electron chi connectivity index (χ3n) is 3.90. The Labute approximate surface area is 136 Å². The number of ether oxygens (including phenoxy) is 1. The Hall–Kier alpha value is -1.95. The van der Waals surface area contributed by atoms with Crippen LogP contribution in [0.25, 0.3) is 0 Å². The number of rotatable bonds is 5. The van der Waals surface area contributed by atoms with Crippen molar-refractivity contribution in [2.24, 2.45) is 0 Å². The predicted octanol–water partition coefficient (Wildman–Crippen LogP) is 1.46. The van der Waals surface area contributed by atoms with Crippen LogP contribution in [-0.4, -0.2) is 61.5 Å². The normalized spacial score (nSPS) is 17.9. The Morgan fingerprint density at radius 2 is 2.13 bits per heavy atom. The molecule has 0 spiro atoms. The highest BCUT2D eigenvalue weighted by Gasteiger charge is 2.24. The average molecular weight is 322 g/mol. The number of hydrogen-bond acceptors (Lipinski definition) is 3. The van der Waals surface area contributed by atoms with Gasteiger partial charge in [-0.25, -0.2) is 4.39 Å². The van der Waals surface area contributed by atoms with E-state index in [9.17, 15) is 14.0 Å². The van der Waals surface area contributed by atoms with Gasteiger partial charge < -0.3 is 14.5 Å². The zero-order valence-electron chi connectivity index (χ0n) is 13.6. The van der Waals surface area contributed by atoms with Gasteiger partial charge in [0.2, 0.25) is 11.8 Å². The van der Waals surface area contributed by atoms with E-state index in [0.717, 1.165) is 5.56 Å². The highest BCUT2D eigenvalue weighted by molar-refractivity contribution is 5.83. The zero-order chi connectivity index (χ0) is 16.8. The Bertz CT molecular complexity index is 563. The van der Waals surface area contributed by atoms with Gasteiger partial charge in [0.1, 0.15) is 5.82 Å². The topological polar surface area (TPSA) is 49.9 Å². The molecule has 0 N–H and O–H groups in total. The van der Waals surface area contributed by atoms with Gasteiger partial charge in [0.25, 0.3) is 0 Å². The summed E-state index contributed by atoms with van der Waals surface area (Å²) in [7, 11) is 3.35. The maximum absolute atomic E-state index is 13.2. The van der Waals surface area contributed by atoms with Crippen LogP contribution in [0, 0.1) is 5.82 Å². The lowest BCUT2D eigenvalue weighted by molar-refractivity contribution is -0.141. The summed E-state index contributed by atoms with van der Waals surface area (Å²) in [5, 5.41) is 0. The first-order chi connectivity index (χ1) is 11.0. The van der Waals surface area contributed by atoms with Crippen molar-refractivity contribution in [3.8, 4) is 0 Å². The molecule has 0 saturated carbocycles. The molecule has 0 aromatic heterocycles. The summed E-state index contributed by atoms with van der Waals surface area (Å²) >= 11 is 0. The van der Waals surface area contributed by atoms with Crippen LogP contribution in [0.3, 0.4) is 0 Å². The highest BCUT2D eigenvalue weighted by atomic mass is 19.1. The van der Waals surface area contributed by atoms with E-state index in [-0.39, 0.29) is 36.6 Å². The van der Waals surface area contributed by atoms with Crippen molar-refractivity contribution in [1.82, 2.24) is 9.80 Å². The van der Waals surface area contributed by atoms with Gasteiger partial charge in [-0.05, 0) is 17.7 Å². The molecule has 6 heteroatoms. The second-order valence-electron chi connectivity index (χ2n) is 5.95. The minimum Gasteiger partial charge on any atom is -0.374 e. The van der Waals surface area contributed by atoms with E-state index < -0.39 is 0 Å². The van der Waals surface area contributed by atoms with E-state index in [4.69, 9.17) is 4.74 Å². The van der Waals surface area contributed by atoms with Gasteiger partial charge in [-0.1, -0.05) is 12.1 Å². The van der Waals surface area contributed by atoms with Crippen molar-refractivity contribution in [3.63, 3.8) is 0 Å². The van der Waals surface area contributed by atoms with Gasteiger partial charge >= 0.3 is 0 Å². The van der Waals surface area contributed by atoms with Crippen LogP contribution in [0.1, 0.15) is 18.4 Å². The van der Waals surface area contributed by atoms with Gasteiger partial charge in [-0.3, -0.25) is 9.59 Å². The van der Waals surface area contributed by atoms with Crippen molar-refractivity contribution >= 4 is 11.8 Å². The van der Waals surface area contributed by atoms with Crippen LogP contribution in [0.15, 0.2) is 24.3 Å². The summed E-state index contributed by atoms with van der Waals surface area (Å²) in [5.41, 5.74) is 0.854. The molecular weight excluding hydrogens is 299 g/mol. The zero-order valence-corrected chi connectivity index (χ0v) is 13.6. The monoisotopic (exact) mass is 322 g/mol. The first kappa shape index (κ1) is 17.4. The smallest absolute Gasteiger partial charge is 0.223 e. The van der Waals surface area contributed by atoms with Gasteiger partial charge in [-0.15, -0.1) is 0 Å². The lowest BCUT2D eigenvalue weighted by Gasteiger charge is -2.33.